The monoisotopic (exact) mass is 375 g/mol. The van der Waals surface area contributed by atoms with Gasteiger partial charge >= 0.3 is 0 Å². The van der Waals surface area contributed by atoms with E-state index in [9.17, 15) is 4.79 Å². The first-order valence-electron chi connectivity index (χ1n) is 5.26. The summed E-state index contributed by atoms with van der Waals surface area (Å²) >= 11 is 15.2. The minimum atomic E-state index is -0.709. The number of nitrogens with two attached hydrogens (primary N) is 2. The predicted molar refractivity (Wildman–Crippen MR) is 81.4 cm³/mol. The van der Waals surface area contributed by atoms with Gasteiger partial charge in [0.05, 0.1) is 21.9 Å². The fourth-order valence-electron chi connectivity index (χ4n) is 1.41. The molecule has 1 heterocycles. The summed E-state index contributed by atoms with van der Waals surface area (Å²) in [5.41, 5.74) is 11.2. The molecule has 2 aromatic rings. The third-order valence-electron chi connectivity index (χ3n) is 2.32. The van der Waals surface area contributed by atoms with Crippen LogP contribution in [0.25, 0.3) is 0 Å². The number of primary amides is 1. The van der Waals surface area contributed by atoms with Crippen LogP contribution < -0.4 is 16.2 Å². The summed E-state index contributed by atoms with van der Waals surface area (Å²) < 4.78 is 6.11. The Balaban J connectivity index is 2.45. The SMILES string of the molecule is NC(=O)c1cc(N)cnc1Oc1cc(Cl)c(Br)cc1Cl. The van der Waals surface area contributed by atoms with Crippen molar-refractivity contribution >= 4 is 50.7 Å². The number of hydrogen-bond acceptors (Lipinski definition) is 4. The minimum Gasteiger partial charge on any atom is -0.437 e. The van der Waals surface area contributed by atoms with Gasteiger partial charge in [0, 0.05) is 10.5 Å². The third-order valence-corrected chi connectivity index (χ3v) is 3.81. The van der Waals surface area contributed by atoms with Crippen molar-refractivity contribution in [1.82, 2.24) is 4.98 Å². The molecular formula is C12H8BrCl2N3O2. The number of halogens is 3. The molecule has 5 nitrogen and oxygen atoms in total. The number of carbonyl (C=O) groups is 1. The molecule has 2 rings (SSSR count). The Morgan fingerprint density at radius 2 is 1.95 bits per heavy atom. The van der Waals surface area contributed by atoms with Gasteiger partial charge in [-0.2, -0.15) is 0 Å². The Labute approximate surface area is 133 Å². The van der Waals surface area contributed by atoms with E-state index in [0.717, 1.165) is 0 Å². The van der Waals surface area contributed by atoms with Gasteiger partial charge in [0.2, 0.25) is 5.88 Å². The number of ether oxygens (including phenoxy) is 1. The van der Waals surface area contributed by atoms with Crippen molar-refractivity contribution in [3.8, 4) is 11.6 Å². The van der Waals surface area contributed by atoms with E-state index >= 15 is 0 Å². The number of nitrogen functional groups attached to an aromatic ring is 1. The molecule has 0 aliphatic heterocycles. The molecule has 0 atom stereocenters. The zero-order valence-electron chi connectivity index (χ0n) is 9.86. The van der Waals surface area contributed by atoms with E-state index < -0.39 is 5.91 Å². The molecule has 0 spiro atoms. The van der Waals surface area contributed by atoms with E-state index in [1.54, 1.807) is 6.07 Å². The van der Waals surface area contributed by atoms with E-state index in [1.165, 1.54) is 18.3 Å². The molecule has 20 heavy (non-hydrogen) atoms. The maximum Gasteiger partial charge on any atom is 0.254 e. The van der Waals surface area contributed by atoms with Crippen molar-refractivity contribution in [1.29, 1.82) is 0 Å². The van der Waals surface area contributed by atoms with Gasteiger partial charge in [-0.1, -0.05) is 23.2 Å². The average Bonchev–Trinajstić information content (AvgIpc) is 2.37. The molecule has 1 aromatic heterocycles. The number of amides is 1. The molecular weight excluding hydrogens is 369 g/mol. The highest BCUT2D eigenvalue weighted by Gasteiger charge is 2.15. The van der Waals surface area contributed by atoms with Gasteiger partial charge in [-0.15, -0.1) is 0 Å². The van der Waals surface area contributed by atoms with Gasteiger partial charge in [0.25, 0.3) is 5.91 Å². The fraction of sp³-hybridized carbons (Fsp3) is 0. The Morgan fingerprint density at radius 1 is 1.25 bits per heavy atom. The summed E-state index contributed by atoms with van der Waals surface area (Å²) in [5.74, 6) is -0.453. The molecule has 0 fully saturated rings. The van der Waals surface area contributed by atoms with Crippen LogP contribution in [-0.2, 0) is 0 Å². The number of anilines is 1. The van der Waals surface area contributed by atoms with Crippen LogP contribution in [0, 0.1) is 0 Å². The minimum absolute atomic E-state index is 0.00647. The van der Waals surface area contributed by atoms with Crippen LogP contribution in [0.15, 0.2) is 28.9 Å². The lowest BCUT2D eigenvalue weighted by Gasteiger charge is -2.11. The quantitative estimate of drug-likeness (QED) is 0.800. The van der Waals surface area contributed by atoms with Crippen LogP contribution in [0.2, 0.25) is 10.0 Å². The smallest absolute Gasteiger partial charge is 0.254 e. The Bertz CT molecular complexity index is 695. The molecule has 1 amide bonds. The molecule has 1 aromatic carbocycles. The van der Waals surface area contributed by atoms with Gasteiger partial charge < -0.3 is 16.2 Å². The Morgan fingerprint density at radius 3 is 2.60 bits per heavy atom. The Kier molecular flexibility index (Phi) is 4.37. The number of pyridine rings is 1. The zero-order valence-corrected chi connectivity index (χ0v) is 13.0. The lowest BCUT2D eigenvalue weighted by atomic mass is 10.2. The van der Waals surface area contributed by atoms with Crippen LogP contribution in [0.4, 0.5) is 5.69 Å². The average molecular weight is 377 g/mol. The summed E-state index contributed by atoms with van der Waals surface area (Å²) in [5, 5.41) is 0.704. The normalized spacial score (nSPS) is 10.3. The van der Waals surface area contributed by atoms with Crippen LogP contribution in [0.1, 0.15) is 10.4 Å². The van der Waals surface area contributed by atoms with Crippen molar-refractivity contribution in [3.63, 3.8) is 0 Å². The number of carbonyl (C=O) groups excluding carboxylic acids is 1. The molecule has 0 unspecified atom stereocenters. The highest BCUT2D eigenvalue weighted by Crippen LogP contribution is 2.36. The van der Waals surface area contributed by atoms with Crippen molar-refractivity contribution in [3.05, 3.63) is 44.5 Å². The highest BCUT2D eigenvalue weighted by atomic mass is 79.9. The van der Waals surface area contributed by atoms with E-state index in [4.69, 9.17) is 39.4 Å². The molecule has 0 aliphatic carbocycles. The predicted octanol–water partition coefficient (Wildman–Crippen LogP) is 3.62. The Hall–Kier alpha value is -1.50. The number of nitrogens with zero attached hydrogens (tertiary/aromatic N) is 1. The van der Waals surface area contributed by atoms with Crippen molar-refractivity contribution in [2.75, 3.05) is 5.73 Å². The van der Waals surface area contributed by atoms with Gasteiger partial charge in [0.1, 0.15) is 11.3 Å². The van der Waals surface area contributed by atoms with Crippen molar-refractivity contribution in [2.24, 2.45) is 5.73 Å². The topological polar surface area (TPSA) is 91.2 Å². The molecule has 0 aliphatic rings. The third kappa shape index (κ3) is 3.15. The standard InChI is InChI=1S/C12H8BrCl2N3O2/c13-7-2-9(15)10(3-8(7)14)20-12-6(11(17)19)1-5(16)4-18-12/h1-4H,16H2,(H2,17,19). The fourth-order valence-corrected chi connectivity index (χ4v) is 2.24. The largest absolute Gasteiger partial charge is 0.437 e. The molecule has 4 N–H and O–H groups in total. The van der Waals surface area contributed by atoms with Gasteiger partial charge in [-0.05, 0) is 28.1 Å². The van der Waals surface area contributed by atoms with E-state index in [0.29, 0.717) is 20.2 Å². The highest BCUT2D eigenvalue weighted by molar-refractivity contribution is 9.10. The van der Waals surface area contributed by atoms with E-state index in [-0.39, 0.29) is 17.2 Å². The number of benzene rings is 1. The second kappa shape index (κ2) is 5.87. The lowest BCUT2D eigenvalue weighted by Crippen LogP contribution is -2.13. The molecule has 0 bridgehead atoms. The first kappa shape index (κ1) is 14.9. The first-order chi connectivity index (χ1) is 9.38. The van der Waals surface area contributed by atoms with Crippen LogP contribution in [-0.4, -0.2) is 10.9 Å². The van der Waals surface area contributed by atoms with Gasteiger partial charge in [0.15, 0.2) is 0 Å². The zero-order chi connectivity index (χ0) is 14.9. The molecule has 8 heteroatoms. The van der Waals surface area contributed by atoms with Crippen LogP contribution in [0.5, 0.6) is 11.6 Å². The molecule has 0 saturated heterocycles. The number of rotatable bonds is 3. The van der Waals surface area contributed by atoms with Crippen molar-refractivity contribution < 1.29 is 9.53 Å². The second-order valence-corrected chi connectivity index (χ2v) is 5.45. The van der Waals surface area contributed by atoms with Crippen molar-refractivity contribution in [2.45, 2.75) is 0 Å². The molecule has 0 saturated carbocycles. The first-order valence-corrected chi connectivity index (χ1v) is 6.81. The lowest BCUT2D eigenvalue weighted by molar-refractivity contribution is 0.0997. The van der Waals surface area contributed by atoms with E-state index in [2.05, 4.69) is 20.9 Å². The second-order valence-electron chi connectivity index (χ2n) is 3.78. The summed E-state index contributed by atoms with van der Waals surface area (Å²) in [6, 6.07) is 4.44. The van der Waals surface area contributed by atoms with Crippen LogP contribution >= 0.6 is 39.1 Å². The summed E-state index contributed by atoms with van der Waals surface area (Å²) in [7, 11) is 0. The van der Waals surface area contributed by atoms with Gasteiger partial charge in [-0.3, -0.25) is 4.79 Å². The maximum atomic E-state index is 11.4. The van der Waals surface area contributed by atoms with Gasteiger partial charge in [-0.25, -0.2) is 4.98 Å². The summed E-state index contributed by atoms with van der Waals surface area (Å²) in [4.78, 5) is 15.3. The summed E-state index contributed by atoms with van der Waals surface area (Å²) in [6.45, 7) is 0. The number of hydrogen-bond donors (Lipinski definition) is 2. The molecule has 0 radical (unpaired) electrons. The van der Waals surface area contributed by atoms with E-state index in [1.807, 2.05) is 0 Å². The number of aromatic nitrogens is 1. The maximum absolute atomic E-state index is 11.4. The summed E-state index contributed by atoms with van der Waals surface area (Å²) in [6.07, 6.45) is 1.34. The molecule has 104 valence electrons. The van der Waals surface area contributed by atoms with Crippen LogP contribution in [0.3, 0.4) is 0 Å².